The molecule has 56 heteroatoms. The highest BCUT2D eigenvalue weighted by atomic mass is 32.1. The first-order chi connectivity index (χ1) is 68.3. The van der Waals surface area contributed by atoms with Crippen LogP contribution >= 0.6 is 12.6 Å². The Morgan fingerprint density at radius 3 is 1.32 bits per heavy atom. The number of aromatic hydroxyl groups is 1. The van der Waals surface area contributed by atoms with Gasteiger partial charge in [-0.25, -0.2) is 4.79 Å². The van der Waals surface area contributed by atoms with Crippen LogP contribution < -0.4 is 119 Å². The Hall–Kier alpha value is -14.0. The second-order valence-corrected chi connectivity index (χ2v) is 37.6. The second-order valence-electron chi connectivity index (χ2n) is 37.2. The SMILES string of the molecule is CC(C)C[C@H](NC(=O)[C@H](C)NC(=O)[C@H](Cc1ccc(O)cc1)NC(=O)[C@H](CC(N)=O)NC(=O)[C@@H](NC(=O)[C@H](CS)NC(=O)[C@@H](N)CCC(N)=O)[C@@H](C)O)C(=O)N[C@@H](CC(C)C)C(=O)N[C@@H](CCCCN)C(=O)N[C@@H](CC(C)C)C(=O)N[C@@H](C)C(=O)NCC(=O)N[C@@H](CC(=O)O)C(=O)N[C@H](C(=O)N[C@@H](CCC(=O)O)C(=O)N[C@@H](CO)C(=O)N[C@@H](CC(N)=O)C(=O)N1CCC[C@H]1C(=O)NCC(=O)N1CCC[C@H]1C(=O)O)C(C)C. The summed E-state index contributed by atoms with van der Waals surface area (Å²) in [6, 6.07) is -23.9. The number of hydrogen-bond donors (Lipinski definition) is 29. The number of phenolic OH excluding ortho intramolecular Hbond substituents is 1. The summed E-state index contributed by atoms with van der Waals surface area (Å²) >= 11 is 4.08. The largest absolute Gasteiger partial charge is 0.508 e. The number of nitrogens with zero attached hydrogens (tertiary/aromatic N) is 2. The zero-order valence-electron chi connectivity index (χ0n) is 83.4. The molecule has 0 bridgehead atoms. The molecule has 0 aromatic heterocycles. The molecule has 3 rings (SSSR count). The standard InChI is InChI=1S/C90H144N24O31S/c1-41(2)30-53(78(132)98-45(9)73(127)96-37-67(121)100-58(36-70(125)126)83(137)111-71(44(7)8)87(141)102-52(24-26-69(123)124)77(131)109-60(39-115)84(138)108-59(35-66(95)120)89(143)114-29-14-17-62(114)86(140)97-38-68(122)113-28-15-18-63(113)90(144)145)104-76(130)51(16-12-13-27-91)101-80(134)55(32-43(5)6)105-81(135)54(31-42(3)4)103-74(128)46(10)99-79(133)56(33-48-19-21-49(117)22-20-48)106-82(136)57(34-65(94)119)107-88(142)72(47(11)116)112-85(139)61(40-146)110-75(129)50(92)23-25-64(93)118/h19-22,41-47,50-63,71-72,115-117,146H,12-18,23-40,91-92H2,1-11H3,(H2,93,118)(H2,94,119)(H2,95,120)(H,96,127)(H,97,140)(H,98,132)(H,99,133)(H,100,121)(H,101,134)(H,102,141)(H,103,128)(H,104,130)(H,105,135)(H,106,136)(H,107,142)(H,108,138)(H,109,131)(H,110,129)(H,111,137)(H,112,139)(H,123,124)(H,125,126)(H,144,145)/t45-,46-,47+,50-,51-,52-,53-,54-,55-,56-,57-,58-,59-,60-,61-,62-,63-,71-,72-/m0/s1. The third-order valence-electron chi connectivity index (χ3n) is 23.0. The van der Waals surface area contributed by atoms with Gasteiger partial charge in [-0.1, -0.05) is 67.5 Å². The molecule has 1 aromatic carbocycles. The van der Waals surface area contributed by atoms with Gasteiger partial charge >= 0.3 is 17.9 Å². The van der Waals surface area contributed by atoms with Crippen LogP contribution in [0.15, 0.2) is 24.3 Å². The molecular weight excluding hydrogens is 1950 g/mol. The van der Waals surface area contributed by atoms with Crippen LogP contribution in [0, 0.1) is 23.7 Å². The van der Waals surface area contributed by atoms with Crippen molar-refractivity contribution in [2.24, 2.45) is 52.3 Å². The Labute approximate surface area is 847 Å². The van der Waals surface area contributed by atoms with Crippen molar-refractivity contribution >= 4 is 160 Å². The normalized spacial score (nSPS) is 16.8. The number of thiol groups is 1. The van der Waals surface area contributed by atoms with Gasteiger partial charge in [-0.2, -0.15) is 12.6 Å². The number of benzene rings is 1. The minimum atomic E-state index is -2.03. The molecule has 1 aromatic rings. The molecule has 2 fully saturated rings. The summed E-state index contributed by atoms with van der Waals surface area (Å²) in [4.78, 5) is 338. The number of aliphatic carboxylic acids is 3. The number of carboxylic acid groups (broad SMARTS) is 3. The average molecular weight is 2090 g/mol. The Morgan fingerprint density at radius 1 is 0.404 bits per heavy atom. The highest BCUT2D eigenvalue weighted by Gasteiger charge is 2.44. The third kappa shape index (κ3) is 44.3. The lowest BCUT2D eigenvalue weighted by molar-refractivity contribution is -0.148. The highest BCUT2D eigenvalue weighted by molar-refractivity contribution is 7.80. The van der Waals surface area contributed by atoms with Gasteiger partial charge in [0.2, 0.25) is 130 Å². The summed E-state index contributed by atoms with van der Waals surface area (Å²) in [5.74, 6) is -30.5. The maximum atomic E-state index is 14.6. The highest BCUT2D eigenvalue weighted by Crippen LogP contribution is 2.23. The molecular formula is C90H144N24O31S. The number of carbonyl (C=O) groups excluding carboxylic acids is 22. The fourth-order valence-corrected chi connectivity index (χ4v) is 15.5. The Kier molecular flexibility index (Phi) is 54.1. The first-order valence-corrected chi connectivity index (χ1v) is 48.3. The number of rotatable bonds is 65. The van der Waals surface area contributed by atoms with Gasteiger partial charge in [0, 0.05) is 38.1 Å². The molecule has 19 atom stereocenters. The lowest BCUT2D eigenvalue weighted by Crippen LogP contribution is -2.62. The van der Waals surface area contributed by atoms with E-state index in [1.165, 1.54) is 52.0 Å². The molecule has 2 aliphatic heterocycles. The van der Waals surface area contributed by atoms with Crippen molar-refractivity contribution in [3.8, 4) is 5.75 Å². The van der Waals surface area contributed by atoms with Crippen LogP contribution in [0.1, 0.15) is 191 Å². The smallest absolute Gasteiger partial charge is 0.326 e. The van der Waals surface area contributed by atoms with E-state index in [-0.39, 0.29) is 113 Å². The number of primary amides is 3. The zero-order chi connectivity index (χ0) is 111. The number of carboxylic acids is 3. The first kappa shape index (κ1) is 126. The summed E-state index contributed by atoms with van der Waals surface area (Å²) < 4.78 is 0. The molecule has 0 spiro atoms. The van der Waals surface area contributed by atoms with Crippen molar-refractivity contribution in [3.05, 3.63) is 29.8 Å². The number of carbonyl (C=O) groups is 25. The van der Waals surface area contributed by atoms with Crippen molar-refractivity contribution in [2.75, 3.05) is 45.1 Å². The van der Waals surface area contributed by atoms with Crippen molar-refractivity contribution in [1.82, 2.24) is 100 Å². The van der Waals surface area contributed by atoms with Crippen LogP contribution in [0.25, 0.3) is 0 Å². The van der Waals surface area contributed by atoms with Gasteiger partial charge < -0.3 is 159 Å². The van der Waals surface area contributed by atoms with E-state index in [9.17, 15) is 151 Å². The first-order valence-electron chi connectivity index (χ1n) is 47.7. The third-order valence-corrected chi connectivity index (χ3v) is 23.4. The molecule has 55 nitrogen and oxygen atoms in total. The fourth-order valence-electron chi connectivity index (χ4n) is 15.2. The van der Waals surface area contributed by atoms with Crippen molar-refractivity contribution in [1.29, 1.82) is 0 Å². The molecule has 22 amide bonds. The van der Waals surface area contributed by atoms with Gasteiger partial charge in [-0.3, -0.25) is 115 Å². The Morgan fingerprint density at radius 2 is 0.822 bits per heavy atom. The number of nitrogens with two attached hydrogens (primary N) is 5. The monoisotopic (exact) mass is 2090 g/mol. The number of unbranched alkanes of at least 4 members (excludes halogenated alkanes) is 1. The van der Waals surface area contributed by atoms with E-state index < -0.39 is 327 Å². The van der Waals surface area contributed by atoms with Gasteiger partial charge in [0.05, 0.1) is 51.1 Å². The molecule has 2 heterocycles. The lowest BCUT2D eigenvalue weighted by atomic mass is 9.99. The molecule has 2 saturated heterocycles. The zero-order valence-corrected chi connectivity index (χ0v) is 84.3. The van der Waals surface area contributed by atoms with Crippen molar-refractivity contribution < 1.29 is 151 Å². The van der Waals surface area contributed by atoms with E-state index in [2.05, 4.69) is 103 Å². The number of nitrogens with one attached hydrogen (secondary N) is 17. The molecule has 0 saturated carbocycles. The molecule has 2 aliphatic rings. The molecule has 816 valence electrons. The maximum absolute atomic E-state index is 14.6. The van der Waals surface area contributed by atoms with E-state index >= 15 is 0 Å². The van der Waals surface area contributed by atoms with E-state index in [0.717, 1.165) is 16.7 Å². The predicted molar refractivity (Wildman–Crippen MR) is 517 cm³/mol. The van der Waals surface area contributed by atoms with Gasteiger partial charge in [0.25, 0.3) is 0 Å². The van der Waals surface area contributed by atoms with E-state index in [0.29, 0.717) is 18.4 Å². The number of amides is 22. The van der Waals surface area contributed by atoms with Crippen LogP contribution in [0.4, 0.5) is 0 Å². The maximum Gasteiger partial charge on any atom is 0.326 e. The quantitative estimate of drug-likeness (QED) is 0.0213. The van der Waals surface area contributed by atoms with Gasteiger partial charge in [0.1, 0.15) is 108 Å². The van der Waals surface area contributed by atoms with E-state index in [1.54, 1.807) is 41.5 Å². The number of aliphatic hydroxyl groups excluding tert-OH is 2. The number of hydrogen-bond acceptors (Lipinski definition) is 31. The van der Waals surface area contributed by atoms with Crippen molar-refractivity contribution in [3.63, 3.8) is 0 Å². The van der Waals surface area contributed by atoms with Gasteiger partial charge in [0.15, 0.2) is 0 Å². The molecule has 146 heavy (non-hydrogen) atoms. The van der Waals surface area contributed by atoms with Crippen LogP contribution in [0.5, 0.6) is 5.75 Å². The Balaban J connectivity index is 1.79. The predicted octanol–water partition coefficient (Wildman–Crippen LogP) is -10.5. The summed E-state index contributed by atoms with van der Waals surface area (Å²) in [5.41, 5.74) is 28.0. The average Bonchev–Trinajstić information content (AvgIpc) is 1.64. The van der Waals surface area contributed by atoms with E-state index in [1.807, 2.05) is 0 Å². The lowest BCUT2D eigenvalue weighted by Gasteiger charge is -2.30. The summed E-state index contributed by atoms with van der Waals surface area (Å²) in [7, 11) is 0. The minimum absolute atomic E-state index is 0.0343. The summed E-state index contributed by atoms with van der Waals surface area (Å²) in [6.45, 7) is 13.7. The molecule has 0 aliphatic carbocycles. The molecule has 0 unspecified atom stereocenters. The number of likely N-dealkylation sites (tertiary alicyclic amines) is 2. The molecule has 33 N–H and O–H groups in total. The molecule has 0 radical (unpaired) electrons. The van der Waals surface area contributed by atoms with Crippen LogP contribution in [0.2, 0.25) is 0 Å². The Bertz CT molecular complexity index is 4780. The van der Waals surface area contributed by atoms with Crippen LogP contribution in [0.3, 0.4) is 0 Å². The van der Waals surface area contributed by atoms with E-state index in [4.69, 9.17) is 28.7 Å². The van der Waals surface area contributed by atoms with Crippen LogP contribution in [-0.2, 0) is 126 Å². The summed E-state index contributed by atoms with van der Waals surface area (Å²) in [5, 5.41) is 100. The number of phenols is 1. The number of aliphatic hydroxyl groups is 2. The van der Waals surface area contributed by atoms with Crippen molar-refractivity contribution in [2.45, 2.75) is 307 Å². The van der Waals surface area contributed by atoms with Gasteiger partial charge in [-0.05, 0) is 146 Å². The van der Waals surface area contributed by atoms with Crippen LogP contribution in [-0.4, -0.2) is 348 Å². The second kappa shape index (κ2) is 62.6. The minimum Gasteiger partial charge on any atom is -0.508 e. The summed E-state index contributed by atoms with van der Waals surface area (Å²) in [6.07, 6.45) is -6.17. The topological polar surface area (TPSA) is 889 Å². The fraction of sp³-hybridized carbons (Fsp3) is 0.656. The van der Waals surface area contributed by atoms with Gasteiger partial charge in [-0.15, -0.1) is 0 Å².